The minimum atomic E-state index is -0.0462. The number of fused-ring (bicyclic) bond motifs is 1. The van der Waals surface area contributed by atoms with Crippen LogP contribution in [0, 0.1) is 13.8 Å². The molecule has 4 rings (SSSR count). The second kappa shape index (κ2) is 6.76. The first-order chi connectivity index (χ1) is 13.0. The third-order valence-electron chi connectivity index (χ3n) is 5.65. The van der Waals surface area contributed by atoms with Gasteiger partial charge in [0.25, 0.3) is 5.91 Å². The van der Waals surface area contributed by atoms with Crippen molar-refractivity contribution in [1.82, 2.24) is 0 Å². The van der Waals surface area contributed by atoms with Gasteiger partial charge in [-0.25, -0.2) is 0 Å². The molecule has 0 unspecified atom stereocenters. The third-order valence-corrected chi connectivity index (χ3v) is 5.65. The van der Waals surface area contributed by atoms with Gasteiger partial charge in [-0.3, -0.25) is 9.69 Å². The second-order valence-electron chi connectivity index (χ2n) is 7.43. The number of carbonyl (C=O) groups excluding carboxylic acids is 1. The lowest BCUT2D eigenvalue weighted by atomic mass is 10.0. The number of methoxy groups -OCH3 is 1. The van der Waals surface area contributed by atoms with E-state index in [1.165, 1.54) is 12.8 Å². The summed E-state index contributed by atoms with van der Waals surface area (Å²) in [6.45, 7) is 8.26. The van der Waals surface area contributed by atoms with Crippen LogP contribution in [0.1, 0.15) is 52.7 Å². The highest BCUT2D eigenvalue weighted by atomic mass is 16.5. The highest BCUT2D eigenvalue weighted by molar-refractivity contribution is 6.22. The zero-order valence-corrected chi connectivity index (χ0v) is 16.2. The first-order valence-electron chi connectivity index (χ1n) is 9.49. The molecule has 0 spiro atoms. The van der Waals surface area contributed by atoms with Crippen molar-refractivity contribution in [3.05, 3.63) is 59.2 Å². The summed E-state index contributed by atoms with van der Waals surface area (Å²) in [5, 5.41) is 0. The number of ether oxygens (including phenoxy) is 2. The van der Waals surface area contributed by atoms with E-state index in [0.29, 0.717) is 22.8 Å². The van der Waals surface area contributed by atoms with Crippen molar-refractivity contribution in [2.45, 2.75) is 45.6 Å². The lowest BCUT2D eigenvalue weighted by molar-refractivity contribution is 0.101. The summed E-state index contributed by atoms with van der Waals surface area (Å²) in [5.74, 6) is 1.33. The summed E-state index contributed by atoms with van der Waals surface area (Å²) in [6.07, 6.45) is 4.73. The summed E-state index contributed by atoms with van der Waals surface area (Å²) in [7, 11) is 1.64. The van der Waals surface area contributed by atoms with Gasteiger partial charge in [0.2, 0.25) is 0 Å². The van der Waals surface area contributed by atoms with E-state index in [4.69, 9.17) is 9.47 Å². The topological polar surface area (TPSA) is 38.8 Å². The van der Waals surface area contributed by atoms with Gasteiger partial charge in [0, 0.05) is 17.2 Å². The van der Waals surface area contributed by atoms with Crippen LogP contribution in [0.2, 0.25) is 0 Å². The smallest absolute Gasteiger partial charge is 0.263 e. The number of hydrogen-bond acceptors (Lipinski definition) is 3. The number of amides is 1. The fourth-order valence-electron chi connectivity index (χ4n) is 3.95. The van der Waals surface area contributed by atoms with E-state index in [1.54, 1.807) is 12.0 Å². The number of benzene rings is 2. The zero-order valence-electron chi connectivity index (χ0n) is 16.2. The Morgan fingerprint density at radius 2 is 1.67 bits per heavy atom. The monoisotopic (exact) mass is 363 g/mol. The van der Waals surface area contributed by atoms with E-state index in [1.807, 2.05) is 37.3 Å². The summed E-state index contributed by atoms with van der Waals surface area (Å²) in [4.78, 5) is 14.7. The molecule has 140 valence electrons. The van der Waals surface area contributed by atoms with Crippen LogP contribution in [-0.2, 0) is 0 Å². The molecule has 4 nitrogen and oxygen atoms in total. The molecule has 2 aromatic rings. The minimum Gasteiger partial charge on any atom is -0.493 e. The number of aryl methyl sites for hydroxylation is 2. The van der Waals surface area contributed by atoms with Crippen molar-refractivity contribution in [1.29, 1.82) is 0 Å². The Kier molecular flexibility index (Phi) is 4.42. The van der Waals surface area contributed by atoms with E-state index in [0.717, 1.165) is 35.2 Å². The minimum absolute atomic E-state index is 0.0462. The normalized spacial score (nSPS) is 16.8. The van der Waals surface area contributed by atoms with Crippen LogP contribution in [0.15, 0.2) is 36.9 Å². The van der Waals surface area contributed by atoms with Gasteiger partial charge in [0.05, 0.1) is 24.6 Å². The van der Waals surface area contributed by atoms with Crippen LogP contribution in [0.3, 0.4) is 0 Å². The molecule has 2 aromatic carbocycles. The lowest BCUT2D eigenvalue weighted by Crippen LogP contribution is -2.22. The van der Waals surface area contributed by atoms with Crippen molar-refractivity contribution >= 4 is 17.3 Å². The first kappa shape index (κ1) is 17.7. The average Bonchev–Trinajstić information content (AvgIpc) is 3.24. The average molecular weight is 363 g/mol. The molecule has 0 bridgehead atoms. The summed E-state index contributed by atoms with van der Waals surface area (Å²) < 4.78 is 11.7. The zero-order chi connectivity index (χ0) is 19.1. The Hall–Kier alpha value is -2.75. The van der Waals surface area contributed by atoms with Gasteiger partial charge < -0.3 is 9.47 Å². The van der Waals surface area contributed by atoms with E-state index in [2.05, 4.69) is 13.5 Å². The van der Waals surface area contributed by atoms with E-state index < -0.39 is 0 Å². The summed E-state index contributed by atoms with van der Waals surface area (Å²) >= 11 is 0. The van der Waals surface area contributed by atoms with Crippen molar-refractivity contribution in [3.8, 4) is 11.5 Å². The van der Waals surface area contributed by atoms with Gasteiger partial charge in [0.1, 0.15) is 0 Å². The SMILES string of the molecule is C=C1c2cc(C)c(C)cc2C(=O)N1c1ccc(OC)c(OC2CCCC2)c1. The van der Waals surface area contributed by atoms with Crippen LogP contribution in [0.4, 0.5) is 5.69 Å². The Morgan fingerprint density at radius 3 is 2.33 bits per heavy atom. The van der Waals surface area contributed by atoms with Crippen LogP contribution in [0.5, 0.6) is 11.5 Å². The molecule has 27 heavy (non-hydrogen) atoms. The fourth-order valence-corrected chi connectivity index (χ4v) is 3.95. The molecule has 1 aliphatic heterocycles. The van der Waals surface area contributed by atoms with Crippen molar-refractivity contribution < 1.29 is 14.3 Å². The van der Waals surface area contributed by atoms with Gasteiger partial charge >= 0.3 is 0 Å². The van der Waals surface area contributed by atoms with Gasteiger partial charge in [-0.2, -0.15) is 0 Å². The Labute approximate surface area is 160 Å². The van der Waals surface area contributed by atoms with E-state index in [9.17, 15) is 4.79 Å². The van der Waals surface area contributed by atoms with E-state index >= 15 is 0 Å². The fraction of sp³-hybridized carbons (Fsp3) is 0.348. The molecule has 0 atom stereocenters. The molecule has 4 heteroatoms. The maximum absolute atomic E-state index is 13.1. The molecule has 1 heterocycles. The van der Waals surface area contributed by atoms with Gasteiger partial charge in [-0.15, -0.1) is 0 Å². The molecule has 1 fully saturated rings. The van der Waals surface area contributed by atoms with Crippen molar-refractivity contribution in [2.24, 2.45) is 0 Å². The number of carbonyl (C=O) groups is 1. The maximum Gasteiger partial charge on any atom is 0.263 e. The molecule has 0 radical (unpaired) electrons. The molecule has 0 saturated heterocycles. The number of nitrogens with zero attached hydrogens (tertiary/aromatic N) is 1. The number of anilines is 1. The second-order valence-corrected chi connectivity index (χ2v) is 7.43. The number of rotatable bonds is 4. The molecule has 0 aromatic heterocycles. The molecular weight excluding hydrogens is 338 g/mol. The molecule has 2 aliphatic rings. The van der Waals surface area contributed by atoms with Crippen molar-refractivity contribution in [2.75, 3.05) is 12.0 Å². The highest BCUT2D eigenvalue weighted by Gasteiger charge is 2.33. The first-order valence-corrected chi connectivity index (χ1v) is 9.49. The predicted molar refractivity (Wildman–Crippen MR) is 108 cm³/mol. The summed E-state index contributed by atoms with van der Waals surface area (Å²) in [5.41, 5.74) is 5.33. The molecule has 1 amide bonds. The molecular formula is C23H25NO3. The molecule has 1 aliphatic carbocycles. The summed E-state index contributed by atoms with van der Waals surface area (Å²) in [6, 6.07) is 9.64. The van der Waals surface area contributed by atoms with Crippen molar-refractivity contribution in [3.63, 3.8) is 0 Å². The Morgan fingerprint density at radius 1 is 1.00 bits per heavy atom. The predicted octanol–water partition coefficient (Wildman–Crippen LogP) is 5.26. The number of hydrogen-bond donors (Lipinski definition) is 0. The largest absolute Gasteiger partial charge is 0.493 e. The van der Waals surface area contributed by atoms with Crippen LogP contribution >= 0.6 is 0 Å². The maximum atomic E-state index is 13.1. The third kappa shape index (κ3) is 2.99. The van der Waals surface area contributed by atoms with Gasteiger partial charge in [0.15, 0.2) is 11.5 Å². The Bertz CT molecular complexity index is 884. The van der Waals surface area contributed by atoms with Gasteiger partial charge in [-0.05, 0) is 74.9 Å². The standard InChI is InChI=1S/C23H25NO3/c1-14-11-19-16(3)24(23(25)20(19)12-15(14)2)17-9-10-21(26-4)22(13-17)27-18-7-5-6-8-18/h9-13,18H,3,5-8H2,1-2,4H3. The highest BCUT2D eigenvalue weighted by Crippen LogP contribution is 2.41. The van der Waals surface area contributed by atoms with E-state index in [-0.39, 0.29) is 12.0 Å². The quantitative estimate of drug-likeness (QED) is 0.743. The molecule has 1 saturated carbocycles. The lowest BCUT2D eigenvalue weighted by Gasteiger charge is -2.21. The van der Waals surface area contributed by atoms with Crippen LogP contribution in [0.25, 0.3) is 5.70 Å². The van der Waals surface area contributed by atoms with Gasteiger partial charge in [-0.1, -0.05) is 6.58 Å². The van der Waals surface area contributed by atoms with Crippen LogP contribution < -0.4 is 14.4 Å². The molecule has 0 N–H and O–H groups in total. The Balaban J connectivity index is 1.71. The van der Waals surface area contributed by atoms with Crippen LogP contribution in [-0.4, -0.2) is 19.1 Å².